The van der Waals surface area contributed by atoms with E-state index in [0.29, 0.717) is 31.4 Å². The molecule has 0 unspecified atom stereocenters. The second kappa shape index (κ2) is 13.8. The van der Waals surface area contributed by atoms with Gasteiger partial charge in [0.1, 0.15) is 15.5 Å². The number of benzene rings is 4. The van der Waals surface area contributed by atoms with Crippen LogP contribution in [-0.4, -0.2) is 33.8 Å². The highest BCUT2D eigenvalue weighted by Crippen LogP contribution is 2.39. The van der Waals surface area contributed by atoms with Crippen LogP contribution in [0.15, 0.2) is 90.0 Å². The van der Waals surface area contributed by atoms with Gasteiger partial charge in [-0.2, -0.15) is 5.10 Å². The molecule has 0 aliphatic rings. The fourth-order valence-corrected chi connectivity index (χ4v) is 7.42. The van der Waals surface area contributed by atoms with Crippen LogP contribution < -0.4 is 15.5 Å². The van der Waals surface area contributed by atoms with E-state index in [1.165, 1.54) is 72.9 Å². The molecule has 0 fully saturated rings. The lowest BCUT2D eigenvalue weighted by molar-refractivity contribution is -0.384. The number of carbonyl (C=O) groups is 3. The zero-order valence-corrected chi connectivity index (χ0v) is 27.5. The predicted molar refractivity (Wildman–Crippen MR) is 188 cm³/mol. The minimum absolute atomic E-state index is 0.0649. The number of hydrogen-bond donors (Lipinski definition) is 2. The third-order valence-corrected chi connectivity index (χ3v) is 10.2. The number of esters is 1. The summed E-state index contributed by atoms with van der Waals surface area (Å²) in [5.41, 5.74) is 3.09. The molecule has 0 radical (unpaired) electrons. The van der Waals surface area contributed by atoms with Crippen LogP contribution in [0, 0.1) is 20.2 Å². The number of nitro benzene ring substituents is 2. The smallest absolute Gasteiger partial charge is 0.355 e. The molecular formula is C32H17Cl2N5O8S2. The highest BCUT2D eigenvalue weighted by atomic mass is 35.5. The summed E-state index contributed by atoms with van der Waals surface area (Å²) >= 11 is 14.7. The summed E-state index contributed by atoms with van der Waals surface area (Å²) in [6, 6.07) is 20.6. The molecule has 0 spiro atoms. The van der Waals surface area contributed by atoms with Crippen molar-refractivity contribution in [3.05, 3.63) is 136 Å². The lowest BCUT2D eigenvalue weighted by Gasteiger charge is -2.07. The van der Waals surface area contributed by atoms with E-state index in [1.807, 2.05) is 0 Å². The Morgan fingerprint density at radius 2 is 1.33 bits per heavy atom. The summed E-state index contributed by atoms with van der Waals surface area (Å²) in [6.07, 6.45) is 1.29. The number of hydrazone groups is 1. The van der Waals surface area contributed by atoms with E-state index in [9.17, 15) is 34.6 Å². The molecule has 244 valence electrons. The number of nitro groups is 2. The van der Waals surface area contributed by atoms with E-state index in [4.69, 9.17) is 27.9 Å². The van der Waals surface area contributed by atoms with Gasteiger partial charge in [0, 0.05) is 61.3 Å². The quantitative estimate of drug-likeness (QED) is 0.0487. The monoisotopic (exact) mass is 733 g/mol. The molecule has 2 aromatic heterocycles. The SMILES string of the molecule is O=C(N/N=C\c1ccccc1OC(=O)c1sc2cc([N+](=O)[O-])ccc2c1Cl)c1ccc(NC(=O)c2sc3cc([N+](=O)[O-])ccc3c2Cl)cc1. The Kier molecular flexibility index (Phi) is 9.33. The molecule has 2 amide bonds. The normalized spacial score (nSPS) is 11.1. The molecule has 13 nitrogen and oxygen atoms in total. The van der Waals surface area contributed by atoms with Crippen molar-refractivity contribution in [1.29, 1.82) is 0 Å². The van der Waals surface area contributed by atoms with Gasteiger partial charge in [-0.1, -0.05) is 35.3 Å². The van der Waals surface area contributed by atoms with E-state index in [-0.39, 0.29) is 42.5 Å². The van der Waals surface area contributed by atoms with Crippen LogP contribution in [0.25, 0.3) is 20.2 Å². The zero-order chi connectivity index (χ0) is 34.8. The Morgan fingerprint density at radius 1 is 0.755 bits per heavy atom. The number of non-ortho nitro benzene ring substituents is 2. The van der Waals surface area contributed by atoms with Crippen molar-refractivity contribution in [2.45, 2.75) is 0 Å². The number of nitrogens with zero attached hydrogens (tertiary/aromatic N) is 3. The molecule has 0 atom stereocenters. The van der Waals surface area contributed by atoms with E-state index >= 15 is 0 Å². The second-order valence-corrected chi connectivity index (χ2v) is 12.9. The van der Waals surface area contributed by atoms with Gasteiger partial charge in [-0.25, -0.2) is 10.2 Å². The first-order valence-corrected chi connectivity index (χ1v) is 16.2. The number of fused-ring (bicyclic) bond motifs is 2. The molecule has 0 bridgehead atoms. The molecule has 49 heavy (non-hydrogen) atoms. The van der Waals surface area contributed by atoms with Gasteiger partial charge in [0.15, 0.2) is 0 Å². The van der Waals surface area contributed by atoms with Gasteiger partial charge in [0.05, 0.1) is 26.1 Å². The van der Waals surface area contributed by atoms with Crippen LogP contribution in [0.5, 0.6) is 5.75 Å². The molecule has 2 heterocycles. The summed E-state index contributed by atoms with van der Waals surface area (Å²) in [7, 11) is 0. The van der Waals surface area contributed by atoms with Crippen molar-refractivity contribution in [2.24, 2.45) is 5.10 Å². The Labute approximate surface area is 292 Å². The summed E-state index contributed by atoms with van der Waals surface area (Å²) in [6.45, 7) is 0. The fraction of sp³-hybridized carbons (Fsp3) is 0. The van der Waals surface area contributed by atoms with Crippen LogP contribution in [0.2, 0.25) is 10.0 Å². The number of carbonyl (C=O) groups excluding carboxylic acids is 3. The average molecular weight is 735 g/mol. The summed E-state index contributed by atoms with van der Waals surface area (Å²) in [4.78, 5) is 60.0. The number of ether oxygens (including phenoxy) is 1. The van der Waals surface area contributed by atoms with Crippen molar-refractivity contribution in [1.82, 2.24) is 5.43 Å². The van der Waals surface area contributed by atoms with Gasteiger partial charge in [-0.05, 0) is 48.5 Å². The molecular weight excluding hydrogens is 717 g/mol. The number of amides is 2. The first kappa shape index (κ1) is 33.2. The molecule has 0 aliphatic heterocycles. The van der Waals surface area contributed by atoms with E-state index in [0.717, 1.165) is 22.7 Å². The van der Waals surface area contributed by atoms with Crippen molar-refractivity contribution in [3.63, 3.8) is 0 Å². The second-order valence-electron chi connectivity index (χ2n) is 10.0. The number of halogens is 2. The maximum atomic E-state index is 13.0. The van der Waals surface area contributed by atoms with Gasteiger partial charge in [-0.15, -0.1) is 22.7 Å². The maximum absolute atomic E-state index is 13.0. The van der Waals surface area contributed by atoms with E-state index < -0.39 is 27.6 Å². The Balaban J connectivity index is 1.09. The van der Waals surface area contributed by atoms with E-state index in [1.54, 1.807) is 18.2 Å². The highest BCUT2D eigenvalue weighted by Gasteiger charge is 2.22. The van der Waals surface area contributed by atoms with Gasteiger partial charge < -0.3 is 10.1 Å². The highest BCUT2D eigenvalue weighted by molar-refractivity contribution is 7.22. The van der Waals surface area contributed by atoms with Gasteiger partial charge >= 0.3 is 5.97 Å². The Hall–Kier alpha value is -5.74. The van der Waals surface area contributed by atoms with Crippen molar-refractivity contribution in [2.75, 3.05) is 5.32 Å². The van der Waals surface area contributed by atoms with Crippen LogP contribution in [0.4, 0.5) is 17.1 Å². The Bertz CT molecular complexity index is 2370. The van der Waals surface area contributed by atoms with Crippen molar-refractivity contribution >= 4 is 107 Å². The first-order chi connectivity index (χ1) is 23.5. The molecule has 2 N–H and O–H groups in total. The Morgan fingerprint density at radius 3 is 1.94 bits per heavy atom. The number of hydrogen-bond acceptors (Lipinski definition) is 11. The number of anilines is 1. The van der Waals surface area contributed by atoms with Crippen LogP contribution in [0.3, 0.4) is 0 Å². The molecule has 4 aromatic carbocycles. The minimum atomic E-state index is -0.774. The van der Waals surface area contributed by atoms with Crippen LogP contribution in [-0.2, 0) is 0 Å². The van der Waals surface area contributed by atoms with Gasteiger partial charge in [0.2, 0.25) is 0 Å². The lowest BCUT2D eigenvalue weighted by Crippen LogP contribution is -2.18. The molecule has 6 aromatic rings. The summed E-state index contributed by atoms with van der Waals surface area (Å²) in [5.74, 6) is -1.73. The third-order valence-electron chi connectivity index (χ3n) is 6.94. The van der Waals surface area contributed by atoms with Gasteiger partial charge in [0.25, 0.3) is 23.2 Å². The summed E-state index contributed by atoms with van der Waals surface area (Å²) in [5, 5.41) is 30.2. The van der Waals surface area contributed by atoms with Gasteiger partial charge in [-0.3, -0.25) is 29.8 Å². The average Bonchev–Trinajstić information content (AvgIpc) is 3.61. The molecule has 0 saturated heterocycles. The molecule has 17 heteroatoms. The zero-order valence-electron chi connectivity index (χ0n) is 24.3. The minimum Gasteiger partial charge on any atom is -0.422 e. The van der Waals surface area contributed by atoms with Crippen molar-refractivity contribution < 1.29 is 29.0 Å². The largest absolute Gasteiger partial charge is 0.422 e. The number of para-hydroxylation sites is 1. The maximum Gasteiger partial charge on any atom is 0.355 e. The van der Waals surface area contributed by atoms with E-state index in [2.05, 4.69) is 15.8 Å². The summed E-state index contributed by atoms with van der Waals surface area (Å²) < 4.78 is 6.51. The standard InChI is InChI=1S/C32H17Cl2N5O8S2/c33-26-21-11-9-19(38(43)44)13-24(21)48-28(26)31(41)36-18-7-5-16(6-8-18)30(40)37-35-15-17-3-1-2-4-23(17)47-32(42)29-27(34)22-12-10-20(39(45)46)14-25(22)49-29/h1-15H,(H,36,41)(H,37,40)/b35-15-. The van der Waals surface area contributed by atoms with Crippen LogP contribution in [0.1, 0.15) is 35.3 Å². The number of thiophene rings is 2. The predicted octanol–water partition coefficient (Wildman–Crippen LogP) is 8.47. The molecule has 0 saturated carbocycles. The first-order valence-electron chi connectivity index (χ1n) is 13.8. The van der Waals surface area contributed by atoms with Crippen LogP contribution >= 0.6 is 45.9 Å². The topological polar surface area (TPSA) is 183 Å². The number of rotatable bonds is 9. The molecule has 0 aliphatic carbocycles. The molecule has 6 rings (SSSR count). The number of nitrogens with one attached hydrogen (secondary N) is 2. The third kappa shape index (κ3) is 6.95. The fourth-order valence-electron chi connectivity index (χ4n) is 4.56. The van der Waals surface area contributed by atoms with Crippen molar-refractivity contribution in [3.8, 4) is 5.75 Å². The lowest BCUT2D eigenvalue weighted by atomic mass is 10.2.